The topological polar surface area (TPSA) is 71.1 Å². The Labute approximate surface area is 124 Å². The highest BCUT2D eigenvalue weighted by molar-refractivity contribution is 7.87. The predicted molar refractivity (Wildman–Crippen MR) is 80.6 cm³/mol. The van der Waals surface area contributed by atoms with Crippen molar-refractivity contribution in [3.05, 3.63) is 65.5 Å². The van der Waals surface area contributed by atoms with Crippen LogP contribution in [0.4, 0.5) is 0 Å². The molecule has 3 rings (SSSR count). The first-order chi connectivity index (χ1) is 10.1. The summed E-state index contributed by atoms with van der Waals surface area (Å²) in [5.74, 6) is 0. The average molecular weight is 303 g/mol. The summed E-state index contributed by atoms with van der Waals surface area (Å²) in [5.41, 5.74) is 2.88. The minimum absolute atomic E-state index is 0.241. The number of rotatable bonds is 5. The van der Waals surface area contributed by atoms with Gasteiger partial charge in [-0.25, -0.2) is 0 Å². The summed E-state index contributed by atoms with van der Waals surface area (Å²) in [6, 6.07) is 13.1. The van der Waals surface area contributed by atoms with Crippen LogP contribution in [0.5, 0.6) is 0 Å². The molecule has 0 radical (unpaired) electrons. The Morgan fingerprint density at radius 3 is 2.76 bits per heavy atom. The van der Waals surface area contributed by atoms with Gasteiger partial charge in [0.15, 0.2) is 0 Å². The SMILES string of the molecule is O=S(=O)(NCc1ccccc1)N[C@@H]1CCc2cccnc21. The Bertz CT molecular complexity index is 717. The van der Waals surface area contributed by atoms with Crippen LogP contribution in [-0.2, 0) is 23.2 Å². The molecule has 0 aliphatic heterocycles. The van der Waals surface area contributed by atoms with Crippen LogP contribution in [0, 0.1) is 0 Å². The Morgan fingerprint density at radius 2 is 1.95 bits per heavy atom. The molecule has 0 bridgehead atoms. The van der Waals surface area contributed by atoms with Gasteiger partial charge in [-0.05, 0) is 30.0 Å². The van der Waals surface area contributed by atoms with E-state index in [1.165, 1.54) is 0 Å². The van der Waals surface area contributed by atoms with E-state index in [-0.39, 0.29) is 12.6 Å². The standard InChI is InChI=1S/C15H17N3O2S/c19-21(20,17-11-12-5-2-1-3-6-12)18-14-9-8-13-7-4-10-16-15(13)14/h1-7,10,14,17-18H,8-9,11H2/t14-/m1/s1. The molecule has 1 aromatic carbocycles. The van der Waals surface area contributed by atoms with E-state index >= 15 is 0 Å². The molecule has 5 nitrogen and oxygen atoms in total. The van der Waals surface area contributed by atoms with Gasteiger partial charge in [-0.15, -0.1) is 0 Å². The van der Waals surface area contributed by atoms with Gasteiger partial charge in [0.25, 0.3) is 10.2 Å². The van der Waals surface area contributed by atoms with Gasteiger partial charge in [-0.3, -0.25) is 4.98 Å². The lowest BCUT2D eigenvalue weighted by Crippen LogP contribution is -2.38. The molecule has 6 heteroatoms. The van der Waals surface area contributed by atoms with Crippen LogP contribution in [0.15, 0.2) is 48.7 Å². The van der Waals surface area contributed by atoms with Gasteiger partial charge in [-0.1, -0.05) is 36.4 Å². The van der Waals surface area contributed by atoms with Crippen molar-refractivity contribution in [2.75, 3.05) is 0 Å². The number of aryl methyl sites for hydroxylation is 1. The molecule has 0 amide bonds. The second kappa shape index (κ2) is 5.93. The van der Waals surface area contributed by atoms with Crippen LogP contribution in [0.1, 0.15) is 29.3 Å². The van der Waals surface area contributed by atoms with Crippen molar-refractivity contribution in [2.45, 2.75) is 25.4 Å². The number of fused-ring (bicyclic) bond motifs is 1. The van der Waals surface area contributed by atoms with Gasteiger partial charge in [-0.2, -0.15) is 17.9 Å². The molecule has 0 saturated heterocycles. The minimum atomic E-state index is -3.55. The van der Waals surface area contributed by atoms with Crippen molar-refractivity contribution in [3.63, 3.8) is 0 Å². The third kappa shape index (κ3) is 3.47. The van der Waals surface area contributed by atoms with Crippen LogP contribution in [0.25, 0.3) is 0 Å². The zero-order valence-electron chi connectivity index (χ0n) is 11.5. The van der Waals surface area contributed by atoms with E-state index in [1.54, 1.807) is 6.20 Å². The maximum Gasteiger partial charge on any atom is 0.277 e. The first-order valence-electron chi connectivity index (χ1n) is 6.89. The van der Waals surface area contributed by atoms with Gasteiger partial charge in [0.1, 0.15) is 0 Å². The summed E-state index contributed by atoms with van der Waals surface area (Å²) in [7, 11) is -3.55. The number of nitrogens with zero attached hydrogens (tertiary/aromatic N) is 1. The molecule has 21 heavy (non-hydrogen) atoms. The summed E-state index contributed by atoms with van der Waals surface area (Å²) in [6.45, 7) is 0.276. The van der Waals surface area contributed by atoms with Crippen LogP contribution in [-0.4, -0.2) is 13.4 Å². The van der Waals surface area contributed by atoms with Crippen molar-refractivity contribution in [3.8, 4) is 0 Å². The Kier molecular flexibility index (Phi) is 4.01. The van der Waals surface area contributed by atoms with Crippen LogP contribution >= 0.6 is 0 Å². The van der Waals surface area contributed by atoms with E-state index in [0.717, 1.165) is 29.7 Å². The fourth-order valence-corrected chi connectivity index (χ4v) is 3.57. The molecule has 0 spiro atoms. The number of nitrogens with one attached hydrogen (secondary N) is 2. The molecule has 1 aliphatic rings. The van der Waals surface area contributed by atoms with Crippen LogP contribution in [0.3, 0.4) is 0 Å². The lowest BCUT2D eigenvalue weighted by molar-refractivity contribution is 0.537. The fourth-order valence-electron chi connectivity index (χ4n) is 2.53. The van der Waals surface area contributed by atoms with Crippen molar-refractivity contribution >= 4 is 10.2 Å². The second-order valence-corrected chi connectivity index (χ2v) is 6.60. The molecular formula is C15H17N3O2S. The molecule has 1 heterocycles. The fraction of sp³-hybridized carbons (Fsp3) is 0.267. The monoisotopic (exact) mass is 303 g/mol. The van der Waals surface area contributed by atoms with Crippen molar-refractivity contribution in [1.82, 2.24) is 14.4 Å². The highest BCUT2D eigenvalue weighted by atomic mass is 32.2. The van der Waals surface area contributed by atoms with Crippen LogP contribution < -0.4 is 9.44 Å². The average Bonchev–Trinajstić information content (AvgIpc) is 2.89. The predicted octanol–water partition coefficient (Wildman–Crippen LogP) is 1.69. The van der Waals surface area contributed by atoms with E-state index in [1.807, 2.05) is 42.5 Å². The number of hydrogen-bond acceptors (Lipinski definition) is 3. The summed E-state index contributed by atoms with van der Waals surface area (Å²) < 4.78 is 29.5. The Morgan fingerprint density at radius 1 is 1.14 bits per heavy atom. The molecule has 1 aromatic heterocycles. The summed E-state index contributed by atoms with van der Waals surface area (Å²) in [5, 5.41) is 0. The first-order valence-corrected chi connectivity index (χ1v) is 8.37. The molecule has 2 aromatic rings. The smallest absolute Gasteiger partial charge is 0.259 e. The quantitative estimate of drug-likeness (QED) is 0.883. The number of aromatic nitrogens is 1. The summed E-state index contributed by atoms with van der Waals surface area (Å²) >= 11 is 0. The lowest BCUT2D eigenvalue weighted by atomic mass is 10.2. The highest BCUT2D eigenvalue weighted by Crippen LogP contribution is 2.29. The van der Waals surface area contributed by atoms with Gasteiger partial charge in [0.05, 0.1) is 11.7 Å². The van der Waals surface area contributed by atoms with E-state index < -0.39 is 10.2 Å². The molecule has 1 atom stereocenters. The number of hydrogen-bond donors (Lipinski definition) is 2. The van der Waals surface area contributed by atoms with Gasteiger partial charge >= 0.3 is 0 Å². The van der Waals surface area contributed by atoms with E-state index in [4.69, 9.17) is 0 Å². The minimum Gasteiger partial charge on any atom is -0.259 e. The van der Waals surface area contributed by atoms with E-state index in [9.17, 15) is 8.42 Å². The Balaban J connectivity index is 1.65. The third-order valence-electron chi connectivity index (χ3n) is 3.57. The molecular weight excluding hydrogens is 286 g/mol. The second-order valence-electron chi connectivity index (χ2n) is 5.07. The molecule has 0 saturated carbocycles. The van der Waals surface area contributed by atoms with Crippen molar-refractivity contribution in [1.29, 1.82) is 0 Å². The van der Waals surface area contributed by atoms with Gasteiger partial charge in [0.2, 0.25) is 0 Å². The maximum absolute atomic E-state index is 12.1. The maximum atomic E-state index is 12.1. The number of pyridine rings is 1. The van der Waals surface area contributed by atoms with E-state index in [2.05, 4.69) is 14.4 Å². The third-order valence-corrected chi connectivity index (χ3v) is 4.68. The van der Waals surface area contributed by atoms with Crippen LogP contribution in [0.2, 0.25) is 0 Å². The van der Waals surface area contributed by atoms with E-state index in [0.29, 0.717) is 0 Å². The molecule has 110 valence electrons. The normalized spacial score (nSPS) is 17.6. The Hall–Kier alpha value is -1.76. The molecule has 2 N–H and O–H groups in total. The molecule has 0 unspecified atom stereocenters. The molecule has 0 fully saturated rings. The zero-order valence-corrected chi connectivity index (χ0v) is 12.3. The summed E-state index contributed by atoms with van der Waals surface area (Å²) in [4.78, 5) is 4.29. The number of benzene rings is 1. The van der Waals surface area contributed by atoms with Crippen molar-refractivity contribution < 1.29 is 8.42 Å². The first kappa shape index (κ1) is 14.2. The summed E-state index contributed by atoms with van der Waals surface area (Å²) in [6.07, 6.45) is 3.30. The van der Waals surface area contributed by atoms with Gasteiger partial charge < -0.3 is 0 Å². The van der Waals surface area contributed by atoms with Gasteiger partial charge in [0, 0.05) is 12.7 Å². The lowest BCUT2D eigenvalue weighted by Gasteiger charge is -2.14. The largest absolute Gasteiger partial charge is 0.277 e. The van der Waals surface area contributed by atoms with Crippen molar-refractivity contribution in [2.24, 2.45) is 0 Å². The highest BCUT2D eigenvalue weighted by Gasteiger charge is 2.27. The molecule has 1 aliphatic carbocycles. The zero-order chi connectivity index (χ0) is 14.7.